The highest BCUT2D eigenvalue weighted by Crippen LogP contribution is 2.35. The number of hydrogen-bond donors (Lipinski definition) is 4. The van der Waals surface area contributed by atoms with Gasteiger partial charge in [0.1, 0.15) is 19.0 Å². The number of benzene rings is 3. The summed E-state index contributed by atoms with van der Waals surface area (Å²) in [5, 5.41) is 20.9. The van der Waals surface area contributed by atoms with Gasteiger partial charge in [-0.05, 0) is 112 Å². The van der Waals surface area contributed by atoms with Crippen molar-refractivity contribution >= 4 is 86.6 Å². The number of methoxy groups -OCH3 is 1. The predicted molar refractivity (Wildman–Crippen MR) is 192 cm³/mol. The molecule has 2 atom stereocenters. The molecular weight excluding hydrogens is 865 g/mol. The fraction of sp³-hybridized carbons (Fsp3) is 0.258. The van der Waals surface area contributed by atoms with Crippen LogP contribution in [0.4, 0.5) is 4.79 Å². The van der Waals surface area contributed by atoms with Gasteiger partial charge in [-0.25, -0.2) is 9.59 Å². The van der Waals surface area contributed by atoms with Gasteiger partial charge in [0.05, 0.1) is 48.7 Å². The van der Waals surface area contributed by atoms with Crippen LogP contribution in [0.15, 0.2) is 64.9 Å². The number of hydrogen-bond acceptors (Lipinski definition) is 9. The van der Waals surface area contributed by atoms with Gasteiger partial charge < -0.3 is 34.7 Å². The second kappa shape index (κ2) is 16.7. The van der Waals surface area contributed by atoms with Crippen LogP contribution in [-0.2, 0) is 16.1 Å². The van der Waals surface area contributed by atoms with E-state index in [1.165, 1.54) is 7.11 Å². The van der Waals surface area contributed by atoms with Crippen molar-refractivity contribution in [3.8, 4) is 17.2 Å². The first kappa shape index (κ1) is 35.9. The molecule has 0 aromatic heterocycles. The molecule has 2 amide bonds. The highest BCUT2D eigenvalue weighted by molar-refractivity contribution is 14.1. The Morgan fingerprint density at radius 2 is 1.80 bits per heavy atom. The van der Waals surface area contributed by atoms with Gasteiger partial charge in [-0.15, -0.1) is 0 Å². The van der Waals surface area contributed by atoms with Crippen molar-refractivity contribution in [1.82, 2.24) is 16.1 Å². The highest BCUT2D eigenvalue weighted by Gasteiger charge is 2.32. The average molecular weight is 895 g/mol. The first-order valence-corrected chi connectivity index (χ1v) is 16.7. The summed E-state index contributed by atoms with van der Waals surface area (Å²) < 4.78 is 24.3. The number of carbonyl (C=O) groups excluding carboxylic acids is 2. The lowest BCUT2D eigenvalue weighted by atomic mass is 9.95. The Balaban J connectivity index is 1.37. The SMILES string of the molecule is CCOc1cc([C@@H]2NC(=O)NC(C)=C2C(=O)OC)ccc1OC[C@H](O)N/N=C/c1cc(I)c(OCc2ccc(Cl)c(Cl)c2)c(I)c1. The van der Waals surface area contributed by atoms with E-state index in [2.05, 4.69) is 66.3 Å². The van der Waals surface area contributed by atoms with Crippen LogP contribution in [0.25, 0.3) is 0 Å². The van der Waals surface area contributed by atoms with Crippen LogP contribution in [0, 0.1) is 7.14 Å². The van der Waals surface area contributed by atoms with E-state index in [-0.39, 0.29) is 12.2 Å². The van der Waals surface area contributed by atoms with Gasteiger partial charge >= 0.3 is 12.0 Å². The number of aliphatic hydroxyl groups excluding tert-OH is 1. The van der Waals surface area contributed by atoms with Crippen molar-refractivity contribution in [2.24, 2.45) is 5.10 Å². The summed E-state index contributed by atoms with van der Waals surface area (Å²) in [6.07, 6.45) is 0.441. The van der Waals surface area contributed by atoms with Crippen molar-refractivity contribution in [2.75, 3.05) is 20.3 Å². The summed E-state index contributed by atoms with van der Waals surface area (Å²) in [6.45, 7) is 3.96. The average Bonchev–Trinajstić information content (AvgIpc) is 3.01. The molecule has 11 nitrogen and oxygen atoms in total. The third-order valence-corrected chi connectivity index (χ3v) is 8.84. The van der Waals surface area contributed by atoms with E-state index >= 15 is 0 Å². The Morgan fingerprint density at radius 3 is 2.48 bits per heavy atom. The Hall–Kier alpha value is -2.99. The maximum atomic E-state index is 12.5. The summed E-state index contributed by atoms with van der Waals surface area (Å²) in [5.41, 5.74) is 5.59. The maximum Gasteiger partial charge on any atom is 0.337 e. The van der Waals surface area contributed by atoms with Gasteiger partial charge in [0.25, 0.3) is 0 Å². The van der Waals surface area contributed by atoms with Crippen molar-refractivity contribution in [3.63, 3.8) is 0 Å². The van der Waals surface area contributed by atoms with Crippen LogP contribution in [0.3, 0.4) is 0 Å². The Bertz CT molecular complexity index is 1650. The first-order valence-electron chi connectivity index (χ1n) is 13.8. The zero-order chi connectivity index (χ0) is 33.4. The number of amides is 2. The Kier molecular flexibility index (Phi) is 13.0. The lowest BCUT2D eigenvalue weighted by Gasteiger charge is -2.28. The number of nitrogens with zero attached hydrogens (tertiary/aromatic N) is 1. The zero-order valence-corrected chi connectivity index (χ0v) is 30.7. The van der Waals surface area contributed by atoms with Crippen LogP contribution in [0.2, 0.25) is 10.0 Å². The molecule has 0 fully saturated rings. The quantitative estimate of drug-likeness (QED) is 0.0516. The van der Waals surface area contributed by atoms with Gasteiger partial charge in [0.2, 0.25) is 0 Å². The molecule has 1 heterocycles. The number of esters is 1. The number of nitrogens with one attached hydrogen (secondary N) is 3. The molecule has 0 bridgehead atoms. The number of aliphatic hydroxyl groups is 1. The number of carbonyl (C=O) groups is 2. The lowest BCUT2D eigenvalue weighted by Crippen LogP contribution is -2.45. The minimum atomic E-state index is -1.14. The van der Waals surface area contributed by atoms with E-state index in [0.717, 1.165) is 24.0 Å². The topological polar surface area (TPSA) is 140 Å². The molecule has 0 aliphatic carbocycles. The number of allylic oxidation sites excluding steroid dienone is 1. The zero-order valence-electron chi connectivity index (χ0n) is 24.8. The Labute approximate surface area is 303 Å². The number of hydrazone groups is 1. The molecule has 0 spiro atoms. The second-order valence-corrected chi connectivity index (χ2v) is 12.9. The fourth-order valence-electron chi connectivity index (χ4n) is 4.40. The molecule has 15 heteroatoms. The predicted octanol–water partition coefficient (Wildman–Crippen LogP) is 6.30. The van der Waals surface area contributed by atoms with Gasteiger partial charge in [0, 0.05) is 5.70 Å². The van der Waals surface area contributed by atoms with Crippen LogP contribution < -0.4 is 30.3 Å². The number of halogens is 4. The largest absolute Gasteiger partial charge is 0.490 e. The molecule has 244 valence electrons. The molecule has 0 saturated heterocycles. The third-order valence-electron chi connectivity index (χ3n) is 6.50. The van der Waals surface area contributed by atoms with E-state index < -0.39 is 24.3 Å². The molecule has 4 N–H and O–H groups in total. The van der Waals surface area contributed by atoms with E-state index in [4.69, 9.17) is 42.1 Å². The van der Waals surface area contributed by atoms with Crippen molar-refractivity contribution in [3.05, 3.63) is 93.7 Å². The van der Waals surface area contributed by atoms with Crippen LogP contribution in [0.5, 0.6) is 17.2 Å². The summed E-state index contributed by atoms with van der Waals surface area (Å²) in [5.74, 6) is 0.890. The molecule has 1 aliphatic heterocycles. The highest BCUT2D eigenvalue weighted by atomic mass is 127. The Morgan fingerprint density at radius 1 is 1.07 bits per heavy atom. The molecule has 0 saturated carbocycles. The second-order valence-electron chi connectivity index (χ2n) is 9.77. The molecule has 3 aromatic rings. The van der Waals surface area contributed by atoms with Crippen molar-refractivity contribution in [1.29, 1.82) is 0 Å². The smallest absolute Gasteiger partial charge is 0.337 e. The van der Waals surface area contributed by atoms with Gasteiger partial charge in [-0.1, -0.05) is 35.3 Å². The van der Waals surface area contributed by atoms with E-state index in [1.807, 2.05) is 25.1 Å². The van der Waals surface area contributed by atoms with Gasteiger partial charge in [-0.2, -0.15) is 5.10 Å². The lowest BCUT2D eigenvalue weighted by molar-refractivity contribution is -0.136. The molecular formula is C31H30Cl2I2N4O7. The monoisotopic (exact) mass is 894 g/mol. The van der Waals surface area contributed by atoms with Crippen molar-refractivity contribution in [2.45, 2.75) is 32.7 Å². The molecule has 0 radical (unpaired) electrons. The standard InChI is InChI=1S/C31H30Cl2I2N4O7/c1-4-44-25-12-19(28-27(30(41)43-3)16(2)37-31(42)38-28)6-8-24(25)45-15-26(40)39-36-13-18-10-22(34)29(23(35)11-18)46-14-17-5-7-20(32)21(33)9-17/h5-13,26,28,39-40H,4,14-15H2,1-3H3,(H2,37,38,42)/b36-13+/t26-,28-/m0/s1. The molecule has 1 aliphatic rings. The number of urea groups is 1. The number of ether oxygens (including phenoxy) is 4. The van der Waals surface area contributed by atoms with Gasteiger partial charge in [0.15, 0.2) is 17.7 Å². The van der Waals surface area contributed by atoms with Crippen molar-refractivity contribution < 1.29 is 33.6 Å². The summed E-state index contributed by atoms with van der Waals surface area (Å²) >= 11 is 16.5. The normalized spacial score (nSPS) is 15.2. The minimum Gasteiger partial charge on any atom is -0.490 e. The fourth-order valence-corrected chi connectivity index (χ4v) is 6.85. The first-order chi connectivity index (χ1) is 22.0. The summed E-state index contributed by atoms with van der Waals surface area (Å²) in [7, 11) is 1.27. The van der Waals surface area contributed by atoms with E-state index in [9.17, 15) is 14.7 Å². The minimum absolute atomic E-state index is 0.149. The summed E-state index contributed by atoms with van der Waals surface area (Å²) in [4.78, 5) is 24.6. The molecule has 4 rings (SSSR count). The van der Waals surface area contributed by atoms with E-state index in [1.54, 1.807) is 43.5 Å². The number of rotatable bonds is 13. The molecule has 46 heavy (non-hydrogen) atoms. The molecule has 3 aromatic carbocycles. The molecule has 0 unspecified atom stereocenters. The van der Waals surface area contributed by atoms with Crippen LogP contribution in [0.1, 0.15) is 36.6 Å². The third kappa shape index (κ3) is 9.30. The van der Waals surface area contributed by atoms with Crippen LogP contribution >= 0.6 is 68.4 Å². The van der Waals surface area contributed by atoms with E-state index in [0.29, 0.717) is 46.0 Å². The summed E-state index contributed by atoms with van der Waals surface area (Å²) in [6, 6.07) is 13.0. The maximum absolute atomic E-state index is 12.5. The van der Waals surface area contributed by atoms with Gasteiger partial charge in [-0.3, -0.25) is 5.43 Å². The van der Waals surface area contributed by atoms with Crippen LogP contribution in [-0.4, -0.2) is 49.9 Å².